The number of nitrogens with zero attached hydrogens (tertiary/aromatic N) is 2. The van der Waals surface area contributed by atoms with E-state index in [0.29, 0.717) is 45.8 Å². The van der Waals surface area contributed by atoms with Crippen molar-refractivity contribution < 1.29 is 33.7 Å². The van der Waals surface area contributed by atoms with Crippen molar-refractivity contribution in [2.24, 2.45) is 11.1 Å². The highest BCUT2D eigenvalue weighted by molar-refractivity contribution is 5.91. The fourth-order valence-electron chi connectivity index (χ4n) is 6.16. The van der Waals surface area contributed by atoms with Crippen LogP contribution < -0.4 is 4.74 Å². The molecule has 1 aliphatic heterocycles. The zero-order valence-corrected chi connectivity index (χ0v) is 29.3. The number of hydrogen-bond donors (Lipinski definition) is 1. The third kappa shape index (κ3) is 11.1. The Morgan fingerprint density at radius 1 is 0.860 bits per heavy atom. The lowest BCUT2D eigenvalue weighted by Gasteiger charge is -2.39. The summed E-state index contributed by atoms with van der Waals surface area (Å²) in [6, 6.07) is 32.7. The van der Waals surface area contributed by atoms with E-state index < -0.39 is 11.6 Å². The lowest BCUT2D eigenvalue weighted by Crippen LogP contribution is -2.47. The van der Waals surface area contributed by atoms with Gasteiger partial charge in [0.15, 0.2) is 0 Å². The standard InChI is InChI=1S/C41H48N2O7/c1-41(2,3)50-40(46)43-22-20-36(33-16-18-35(19-17-33)48-24-9-23-47-29-30-10-5-4-6-11-30)37(28-43)38(42-49-25-21-39(44)45)27-31-14-15-32-12-7-8-13-34(32)26-31/h4-8,10-19,26,36-37H,9,20-25,27-29H2,1-3H3,(H,44,45)/b42-38-. The van der Waals surface area contributed by atoms with E-state index in [9.17, 15) is 14.7 Å². The highest BCUT2D eigenvalue weighted by Crippen LogP contribution is 2.36. The maximum atomic E-state index is 13.3. The molecule has 1 amide bonds. The van der Waals surface area contributed by atoms with E-state index in [4.69, 9.17) is 19.0 Å². The molecule has 2 unspecified atom stereocenters. The molecule has 1 heterocycles. The van der Waals surface area contributed by atoms with Crippen molar-refractivity contribution in [2.75, 3.05) is 32.9 Å². The summed E-state index contributed by atoms with van der Waals surface area (Å²) in [4.78, 5) is 31.9. The molecule has 0 radical (unpaired) electrons. The monoisotopic (exact) mass is 680 g/mol. The van der Waals surface area contributed by atoms with Gasteiger partial charge in [0.25, 0.3) is 0 Å². The highest BCUT2D eigenvalue weighted by atomic mass is 16.6. The minimum atomic E-state index is -0.954. The zero-order chi connectivity index (χ0) is 35.3. The second-order valence-corrected chi connectivity index (χ2v) is 13.7. The second-order valence-electron chi connectivity index (χ2n) is 13.7. The van der Waals surface area contributed by atoms with Gasteiger partial charge in [-0.2, -0.15) is 0 Å². The molecule has 0 saturated carbocycles. The molecule has 9 nitrogen and oxygen atoms in total. The number of aliphatic carboxylic acids is 1. The minimum Gasteiger partial charge on any atom is -0.494 e. The molecule has 5 rings (SSSR count). The summed E-state index contributed by atoms with van der Waals surface area (Å²) in [5.41, 5.74) is 3.43. The summed E-state index contributed by atoms with van der Waals surface area (Å²) < 4.78 is 17.6. The first-order chi connectivity index (χ1) is 24.1. The van der Waals surface area contributed by atoms with Crippen LogP contribution in [-0.2, 0) is 32.1 Å². The molecule has 2 atom stereocenters. The molecule has 1 aliphatic rings. The van der Waals surface area contributed by atoms with Gasteiger partial charge in [-0.15, -0.1) is 0 Å². The SMILES string of the molecule is CC(C)(C)OC(=O)N1CCC(c2ccc(OCCCOCc3ccccc3)cc2)C(/C(Cc2ccc3ccccc3c2)=N\OCCC(=O)O)C1. The van der Waals surface area contributed by atoms with Crippen LogP contribution >= 0.6 is 0 Å². The van der Waals surface area contributed by atoms with Crippen molar-refractivity contribution >= 4 is 28.5 Å². The number of oxime groups is 1. The Labute approximate surface area is 294 Å². The van der Waals surface area contributed by atoms with Crippen LogP contribution in [0.15, 0.2) is 102 Å². The summed E-state index contributed by atoms with van der Waals surface area (Å²) in [6.45, 7) is 8.18. The number of carboxylic acid groups (broad SMARTS) is 1. The van der Waals surface area contributed by atoms with Crippen molar-refractivity contribution in [1.82, 2.24) is 4.90 Å². The van der Waals surface area contributed by atoms with Gasteiger partial charge in [-0.1, -0.05) is 90.1 Å². The Balaban J connectivity index is 1.32. The largest absolute Gasteiger partial charge is 0.494 e. The Morgan fingerprint density at radius 2 is 1.60 bits per heavy atom. The number of likely N-dealkylation sites (tertiary alicyclic amines) is 1. The maximum absolute atomic E-state index is 13.3. The Hall–Kier alpha value is -4.89. The molecular weight excluding hydrogens is 632 g/mol. The maximum Gasteiger partial charge on any atom is 0.410 e. The van der Waals surface area contributed by atoms with Crippen LogP contribution in [0.2, 0.25) is 0 Å². The fourth-order valence-corrected chi connectivity index (χ4v) is 6.16. The third-order valence-electron chi connectivity index (χ3n) is 8.60. The summed E-state index contributed by atoms with van der Waals surface area (Å²) in [5.74, 6) is -0.357. The van der Waals surface area contributed by atoms with E-state index in [2.05, 4.69) is 59.8 Å². The third-order valence-corrected chi connectivity index (χ3v) is 8.60. The summed E-state index contributed by atoms with van der Waals surface area (Å²) in [6.07, 6.45) is 1.42. The number of carbonyl (C=O) groups excluding carboxylic acids is 1. The van der Waals surface area contributed by atoms with Gasteiger partial charge >= 0.3 is 12.1 Å². The van der Waals surface area contributed by atoms with Gasteiger partial charge < -0.3 is 29.1 Å². The molecule has 1 fully saturated rings. The Kier molecular flexibility index (Phi) is 12.9. The van der Waals surface area contributed by atoms with E-state index >= 15 is 0 Å². The average Bonchev–Trinajstić information content (AvgIpc) is 3.10. The average molecular weight is 681 g/mol. The molecule has 1 saturated heterocycles. The number of piperidine rings is 1. The molecule has 0 aliphatic carbocycles. The second kappa shape index (κ2) is 17.7. The molecule has 50 heavy (non-hydrogen) atoms. The quantitative estimate of drug-likeness (QED) is 0.0766. The van der Waals surface area contributed by atoms with E-state index in [1.54, 1.807) is 4.90 Å². The lowest BCUT2D eigenvalue weighted by atomic mass is 9.76. The van der Waals surface area contributed by atoms with Crippen LogP contribution in [-0.4, -0.2) is 66.3 Å². The van der Waals surface area contributed by atoms with E-state index in [1.807, 2.05) is 63.2 Å². The van der Waals surface area contributed by atoms with Crippen LogP contribution in [0.5, 0.6) is 5.75 Å². The lowest BCUT2D eigenvalue weighted by molar-refractivity contribution is -0.138. The van der Waals surface area contributed by atoms with Gasteiger partial charge in [-0.3, -0.25) is 4.79 Å². The number of carbonyl (C=O) groups is 2. The zero-order valence-electron chi connectivity index (χ0n) is 29.3. The normalized spacial score (nSPS) is 16.6. The smallest absolute Gasteiger partial charge is 0.410 e. The van der Waals surface area contributed by atoms with Crippen molar-refractivity contribution in [3.63, 3.8) is 0 Å². The van der Waals surface area contributed by atoms with Gasteiger partial charge in [0, 0.05) is 31.8 Å². The van der Waals surface area contributed by atoms with Crippen molar-refractivity contribution in [1.29, 1.82) is 0 Å². The number of rotatable bonds is 15. The first kappa shape index (κ1) is 36.4. The van der Waals surface area contributed by atoms with Gasteiger partial charge in [0.05, 0.1) is 32.0 Å². The predicted octanol–water partition coefficient (Wildman–Crippen LogP) is 8.26. The van der Waals surface area contributed by atoms with Gasteiger partial charge in [-0.05, 0) is 72.7 Å². The van der Waals surface area contributed by atoms with Gasteiger partial charge in [-0.25, -0.2) is 4.79 Å². The van der Waals surface area contributed by atoms with Crippen molar-refractivity contribution in [3.8, 4) is 5.75 Å². The van der Waals surface area contributed by atoms with Gasteiger partial charge in [0.2, 0.25) is 0 Å². The van der Waals surface area contributed by atoms with Crippen LogP contribution in [0.1, 0.15) is 62.6 Å². The summed E-state index contributed by atoms with van der Waals surface area (Å²) in [7, 11) is 0. The number of ether oxygens (including phenoxy) is 3. The number of hydrogen-bond acceptors (Lipinski definition) is 7. The molecule has 1 N–H and O–H groups in total. The molecule has 9 heteroatoms. The highest BCUT2D eigenvalue weighted by Gasteiger charge is 2.37. The van der Waals surface area contributed by atoms with Crippen molar-refractivity contribution in [2.45, 2.75) is 64.6 Å². The Bertz CT molecular complexity index is 1720. The number of benzene rings is 4. The Morgan fingerprint density at radius 3 is 2.34 bits per heavy atom. The van der Waals surface area contributed by atoms with Crippen LogP contribution in [0.4, 0.5) is 4.79 Å². The van der Waals surface area contributed by atoms with Crippen molar-refractivity contribution in [3.05, 3.63) is 114 Å². The summed E-state index contributed by atoms with van der Waals surface area (Å²) >= 11 is 0. The molecule has 4 aromatic carbocycles. The molecule has 264 valence electrons. The first-order valence-corrected chi connectivity index (χ1v) is 17.4. The van der Waals surface area contributed by atoms with Crippen LogP contribution in [0, 0.1) is 5.92 Å². The number of carboxylic acids is 1. The molecule has 0 spiro atoms. The molecule has 4 aromatic rings. The number of amides is 1. The summed E-state index contributed by atoms with van der Waals surface area (Å²) in [5, 5.41) is 16.0. The van der Waals surface area contributed by atoms with E-state index in [1.165, 1.54) is 0 Å². The molecule has 0 aromatic heterocycles. The molecular formula is C41H48N2O7. The minimum absolute atomic E-state index is 0.0244. The van der Waals surface area contributed by atoms with E-state index in [-0.39, 0.29) is 31.0 Å². The van der Waals surface area contributed by atoms with E-state index in [0.717, 1.165) is 45.3 Å². The molecule has 0 bridgehead atoms. The first-order valence-electron chi connectivity index (χ1n) is 17.4. The van der Waals surface area contributed by atoms with Crippen LogP contribution in [0.25, 0.3) is 10.8 Å². The topological polar surface area (TPSA) is 107 Å². The number of fused-ring (bicyclic) bond motifs is 1. The van der Waals surface area contributed by atoms with Crippen LogP contribution in [0.3, 0.4) is 0 Å². The predicted molar refractivity (Wildman–Crippen MR) is 195 cm³/mol. The fraction of sp³-hybridized carbons (Fsp3) is 0.390. The van der Waals surface area contributed by atoms with Gasteiger partial charge in [0.1, 0.15) is 18.0 Å².